The minimum absolute atomic E-state index is 0.200. The molecule has 0 aliphatic heterocycles. The number of carbonyl (C=O) groups excluding carboxylic acids is 1. The Kier molecular flexibility index (Phi) is 2.93. The molecule has 5 nitrogen and oxygen atoms in total. The van der Waals surface area contributed by atoms with E-state index in [1.165, 1.54) is 0 Å². The van der Waals surface area contributed by atoms with Crippen molar-refractivity contribution in [1.82, 2.24) is 5.16 Å². The van der Waals surface area contributed by atoms with Crippen LogP contribution in [-0.4, -0.2) is 11.1 Å². The number of rotatable bonds is 2. The highest BCUT2D eigenvalue weighted by molar-refractivity contribution is 6.03. The van der Waals surface area contributed by atoms with Gasteiger partial charge in [0.05, 0.1) is 5.69 Å². The molecular weight excluding hydrogens is 218 g/mol. The summed E-state index contributed by atoms with van der Waals surface area (Å²) in [4.78, 5) is 11.9. The van der Waals surface area contributed by atoms with E-state index in [1.807, 2.05) is 25.1 Å². The highest BCUT2D eigenvalue weighted by Crippen LogP contribution is 2.15. The van der Waals surface area contributed by atoms with Gasteiger partial charge in [-0.2, -0.15) is 0 Å². The minimum Gasteiger partial charge on any atom is -0.361 e. The molecular formula is C12H13N3O2. The Morgan fingerprint density at radius 1 is 1.35 bits per heavy atom. The molecule has 1 aromatic heterocycles. The van der Waals surface area contributed by atoms with Crippen molar-refractivity contribution in [2.24, 2.45) is 5.84 Å². The van der Waals surface area contributed by atoms with Crippen molar-refractivity contribution in [3.63, 3.8) is 0 Å². The van der Waals surface area contributed by atoms with E-state index in [0.717, 1.165) is 10.6 Å². The van der Waals surface area contributed by atoms with E-state index in [-0.39, 0.29) is 5.69 Å². The first-order valence-electron chi connectivity index (χ1n) is 5.17. The Morgan fingerprint density at radius 2 is 2.12 bits per heavy atom. The second kappa shape index (κ2) is 4.39. The molecule has 0 aliphatic rings. The lowest BCUT2D eigenvalue weighted by atomic mass is 10.2. The van der Waals surface area contributed by atoms with E-state index in [0.29, 0.717) is 11.4 Å². The van der Waals surface area contributed by atoms with Crippen LogP contribution in [0, 0.1) is 13.8 Å². The van der Waals surface area contributed by atoms with E-state index in [4.69, 9.17) is 10.4 Å². The van der Waals surface area contributed by atoms with Crippen LogP contribution < -0.4 is 10.9 Å². The van der Waals surface area contributed by atoms with Crippen molar-refractivity contribution in [1.29, 1.82) is 0 Å². The summed E-state index contributed by atoms with van der Waals surface area (Å²) in [6, 6.07) is 8.91. The maximum Gasteiger partial charge on any atom is 0.294 e. The second-order valence-electron chi connectivity index (χ2n) is 3.84. The number of nitrogens with zero attached hydrogens (tertiary/aromatic N) is 2. The Balaban J connectivity index is 2.26. The zero-order valence-electron chi connectivity index (χ0n) is 9.68. The number of aromatic nitrogens is 1. The quantitative estimate of drug-likeness (QED) is 0.486. The van der Waals surface area contributed by atoms with E-state index in [2.05, 4.69) is 5.16 Å². The summed E-state index contributed by atoms with van der Waals surface area (Å²) in [5.74, 6) is 5.93. The third-order valence-corrected chi connectivity index (χ3v) is 2.35. The Bertz CT molecular complexity index is 548. The third kappa shape index (κ3) is 2.34. The highest BCUT2D eigenvalue weighted by atomic mass is 16.5. The molecule has 0 radical (unpaired) electrons. The molecule has 0 saturated heterocycles. The second-order valence-corrected chi connectivity index (χ2v) is 3.84. The van der Waals surface area contributed by atoms with Crippen LogP contribution in [0.1, 0.15) is 21.8 Å². The van der Waals surface area contributed by atoms with Crippen LogP contribution >= 0.6 is 0 Å². The number of hydrazine groups is 1. The Hall–Kier alpha value is -2.14. The molecule has 1 aromatic carbocycles. The molecule has 0 atom stereocenters. The predicted octanol–water partition coefficient (Wildman–Crippen LogP) is 1.81. The predicted molar refractivity (Wildman–Crippen MR) is 63.4 cm³/mol. The lowest BCUT2D eigenvalue weighted by molar-refractivity contribution is 0.0978. The van der Waals surface area contributed by atoms with Crippen LogP contribution in [0.2, 0.25) is 0 Å². The average Bonchev–Trinajstić information content (AvgIpc) is 2.74. The molecule has 1 heterocycles. The average molecular weight is 231 g/mol. The SMILES string of the molecule is Cc1cccc(N(N)C(=O)c2cc(C)on2)c1. The fraction of sp³-hybridized carbons (Fsp3) is 0.167. The van der Waals surface area contributed by atoms with Crippen LogP contribution in [0.4, 0.5) is 5.69 Å². The van der Waals surface area contributed by atoms with Crippen molar-refractivity contribution in [2.75, 3.05) is 5.01 Å². The summed E-state index contributed by atoms with van der Waals surface area (Å²) < 4.78 is 4.84. The van der Waals surface area contributed by atoms with Gasteiger partial charge in [-0.1, -0.05) is 17.3 Å². The first-order valence-corrected chi connectivity index (χ1v) is 5.17. The third-order valence-electron chi connectivity index (χ3n) is 2.35. The van der Waals surface area contributed by atoms with Crippen LogP contribution in [0.25, 0.3) is 0 Å². The fourth-order valence-electron chi connectivity index (χ4n) is 1.49. The van der Waals surface area contributed by atoms with Crippen molar-refractivity contribution >= 4 is 11.6 Å². The monoisotopic (exact) mass is 231 g/mol. The Morgan fingerprint density at radius 3 is 2.71 bits per heavy atom. The molecule has 2 rings (SSSR count). The molecule has 17 heavy (non-hydrogen) atoms. The smallest absolute Gasteiger partial charge is 0.294 e. The highest BCUT2D eigenvalue weighted by Gasteiger charge is 2.17. The molecule has 0 saturated carbocycles. The molecule has 2 N–H and O–H groups in total. The normalized spacial score (nSPS) is 10.3. The number of carbonyl (C=O) groups is 1. The summed E-state index contributed by atoms with van der Waals surface area (Å²) in [5.41, 5.74) is 1.85. The maximum absolute atomic E-state index is 11.9. The van der Waals surface area contributed by atoms with Gasteiger partial charge in [-0.25, -0.2) is 10.9 Å². The number of nitrogens with two attached hydrogens (primary N) is 1. The van der Waals surface area contributed by atoms with E-state index in [9.17, 15) is 4.79 Å². The lowest BCUT2D eigenvalue weighted by Gasteiger charge is -2.15. The zero-order valence-corrected chi connectivity index (χ0v) is 9.68. The molecule has 0 fully saturated rings. The maximum atomic E-state index is 11.9. The molecule has 0 unspecified atom stereocenters. The van der Waals surface area contributed by atoms with E-state index >= 15 is 0 Å². The fourth-order valence-corrected chi connectivity index (χ4v) is 1.49. The van der Waals surface area contributed by atoms with Gasteiger partial charge in [-0.15, -0.1) is 0 Å². The van der Waals surface area contributed by atoms with Crippen molar-refractivity contribution < 1.29 is 9.32 Å². The molecule has 5 heteroatoms. The summed E-state index contributed by atoms with van der Waals surface area (Å²) in [6.45, 7) is 3.65. The van der Waals surface area contributed by atoms with Crippen LogP contribution in [0.15, 0.2) is 34.9 Å². The first-order chi connectivity index (χ1) is 8.08. The van der Waals surface area contributed by atoms with Crippen molar-refractivity contribution in [3.8, 4) is 0 Å². The molecule has 0 spiro atoms. The first kappa shape index (κ1) is 11.3. The molecule has 0 aliphatic carbocycles. The van der Waals surface area contributed by atoms with E-state index in [1.54, 1.807) is 19.1 Å². The van der Waals surface area contributed by atoms with Gasteiger partial charge in [0.15, 0.2) is 5.69 Å². The number of hydrogen-bond donors (Lipinski definition) is 1. The van der Waals surface area contributed by atoms with E-state index < -0.39 is 5.91 Å². The minimum atomic E-state index is -0.396. The van der Waals surface area contributed by atoms with Crippen LogP contribution in [0.5, 0.6) is 0 Å². The Labute approximate surface area is 98.8 Å². The lowest BCUT2D eigenvalue weighted by Crippen LogP contribution is -2.37. The van der Waals surface area contributed by atoms with Crippen LogP contribution in [-0.2, 0) is 0 Å². The number of benzene rings is 1. The van der Waals surface area contributed by atoms with Crippen molar-refractivity contribution in [3.05, 3.63) is 47.3 Å². The number of amides is 1. The molecule has 88 valence electrons. The molecule has 2 aromatic rings. The molecule has 0 bridgehead atoms. The van der Waals surface area contributed by atoms with Crippen molar-refractivity contribution in [2.45, 2.75) is 13.8 Å². The van der Waals surface area contributed by atoms with Gasteiger partial charge in [-0.3, -0.25) is 4.79 Å². The summed E-state index contributed by atoms with van der Waals surface area (Å²) in [6.07, 6.45) is 0. The molecule has 1 amide bonds. The largest absolute Gasteiger partial charge is 0.361 e. The summed E-state index contributed by atoms with van der Waals surface area (Å²) >= 11 is 0. The summed E-state index contributed by atoms with van der Waals surface area (Å²) in [5, 5.41) is 4.70. The number of hydrogen-bond acceptors (Lipinski definition) is 4. The number of aryl methyl sites for hydroxylation is 2. The van der Waals surface area contributed by atoms with Gasteiger partial charge in [0.25, 0.3) is 5.91 Å². The van der Waals surface area contributed by atoms with Gasteiger partial charge in [0, 0.05) is 6.07 Å². The van der Waals surface area contributed by atoms with Gasteiger partial charge < -0.3 is 4.52 Å². The number of anilines is 1. The van der Waals surface area contributed by atoms with Gasteiger partial charge in [-0.05, 0) is 31.5 Å². The summed E-state index contributed by atoms with van der Waals surface area (Å²) in [7, 11) is 0. The standard InChI is InChI=1S/C12H13N3O2/c1-8-4-3-5-10(6-8)15(13)12(16)11-7-9(2)17-14-11/h3-7H,13H2,1-2H3. The van der Waals surface area contributed by atoms with Gasteiger partial charge >= 0.3 is 0 Å². The van der Waals surface area contributed by atoms with Gasteiger partial charge in [0.1, 0.15) is 5.76 Å². The van der Waals surface area contributed by atoms with Crippen LogP contribution in [0.3, 0.4) is 0 Å². The van der Waals surface area contributed by atoms with Gasteiger partial charge in [0.2, 0.25) is 0 Å². The zero-order chi connectivity index (χ0) is 12.4. The topological polar surface area (TPSA) is 72.4 Å².